The summed E-state index contributed by atoms with van der Waals surface area (Å²) in [4.78, 5) is 29.0. The first-order chi connectivity index (χ1) is 19.4. The standard InChI is InChI=1S/C32H33N3O4S/c1-2-33-32(37)28(22-24-12-5-3-6-13-24)34(23-25-14-7-4-8-15-25)30(36)20-11-21-35-27-18-9-16-26-17-10-19-29(31(26)27)40(35,38)39/h3-10,12-19,28H,2,11,20-23H2,1H3,(H,33,37)/t28-/m1/s1. The Labute approximate surface area is 235 Å². The molecule has 0 fully saturated rings. The van der Waals surface area contributed by atoms with Gasteiger partial charge < -0.3 is 10.2 Å². The molecule has 0 unspecified atom stereocenters. The molecule has 8 heteroatoms. The van der Waals surface area contributed by atoms with Crippen molar-refractivity contribution in [3.8, 4) is 0 Å². The Morgan fingerprint density at radius 2 is 1.50 bits per heavy atom. The molecule has 0 aliphatic carbocycles. The minimum atomic E-state index is -3.70. The number of benzene rings is 4. The van der Waals surface area contributed by atoms with Crippen LogP contribution in [0, 0.1) is 0 Å². The van der Waals surface area contributed by atoms with Gasteiger partial charge in [-0.05, 0) is 42.0 Å². The van der Waals surface area contributed by atoms with Crippen molar-refractivity contribution < 1.29 is 18.0 Å². The van der Waals surface area contributed by atoms with E-state index in [1.54, 1.807) is 17.0 Å². The molecule has 4 aromatic rings. The van der Waals surface area contributed by atoms with Crippen LogP contribution >= 0.6 is 0 Å². The van der Waals surface area contributed by atoms with Gasteiger partial charge in [0.1, 0.15) is 6.04 Å². The van der Waals surface area contributed by atoms with Gasteiger partial charge in [0, 0.05) is 37.9 Å². The Bertz CT molecular complexity index is 1600. The minimum absolute atomic E-state index is 0.107. The van der Waals surface area contributed by atoms with Gasteiger partial charge in [0.25, 0.3) is 10.0 Å². The molecule has 1 heterocycles. The smallest absolute Gasteiger partial charge is 0.265 e. The van der Waals surface area contributed by atoms with Gasteiger partial charge >= 0.3 is 0 Å². The van der Waals surface area contributed by atoms with Crippen LogP contribution in [0.15, 0.2) is 102 Å². The summed E-state index contributed by atoms with van der Waals surface area (Å²) in [6, 6.07) is 29.4. The van der Waals surface area contributed by atoms with Crippen molar-refractivity contribution in [3.63, 3.8) is 0 Å². The average Bonchev–Trinajstić information content (AvgIpc) is 3.19. The van der Waals surface area contributed by atoms with E-state index in [4.69, 9.17) is 0 Å². The molecule has 2 amide bonds. The largest absolute Gasteiger partial charge is 0.355 e. The summed E-state index contributed by atoms with van der Waals surface area (Å²) in [7, 11) is -3.70. The molecule has 40 heavy (non-hydrogen) atoms. The Kier molecular flexibility index (Phi) is 8.16. The first-order valence-corrected chi connectivity index (χ1v) is 15.0. The van der Waals surface area contributed by atoms with E-state index < -0.39 is 16.1 Å². The van der Waals surface area contributed by atoms with E-state index >= 15 is 0 Å². The van der Waals surface area contributed by atoms with Gasteiger partial charge in [-0.2, -0.15) is 0 Å². The maximum absolute atomic E-state index is 13.8. The van der Waals surface area contributed by atoms with Crippen molar-refractivity contribution in [1.29, 1.82) is 0 Å². The number of hydrogen-bond donors (Lipinski definition) is 1. The van der Waals surface area contributed by atoms with Gasteiger partial charge in [-0.15, -0.1) is 0 Å². The molecule has 0 aromatic heterocycles. The molecule has 7 nitrogen and oxygen atoms in total. The number of rotatable bonds is 11. The molecule has 1 aliphatic rings. The predicted molar refractivity (Wildman–Crippen MR) is 157 cm³/mol. The van der Waals surface area contributed by atoms with Gasteiger partial charge in [-0.1, -0.05) is 84.9 Å². The minimum Gasteiger partial charge on any atom is -0.355 e. The zero-order valence-electron chi connectivity index (χ0n) is 22.5. The summed E-state index contributed by atoms with van der Waals surface area (Å²) < 4.78 is 28.1. The summed E-state index contributed by atoms with van der Waals surface area (Å²) in [5.74, 6) is -0.400. The van der Waals surface area contributed by atoms with Crippen LogP contribution in [-0.2, 0) is 32.6 Å². The normalized spacial score (nSPS) is 14.2. The van der Waals surface area contributed by atoms with Crippen molar-refractivity contribution in [3.05, 3.63) is 108 Å². The number of likely N-dealkylation sites (N-methyl/N-ethyl adjacent to an activating group) is 1. The average molecular weight is 556 g/mol. The summed E-state index contributed by atoms with van der Waals surface area (Å²) in [5, 5.41) is 4.50. The molecule has 0 radical (unpaired) electrons. The molecule has 5 rings (SSSR count). The molecule has 0 spiro atoms. The van der Waals surface area contributed by atoms with Crippen LogP contribution in [0.5, 0.6) is 0 Å². The summed E-state index contributed by atoms with van der Waals surface area (Å²) in [5.41, 5.74) is 2.52. The summed E-state index contributed by atoms with van der Waals surface area (Å²) in [6.45, 7) is 2.76. The third kappa shape index (κ3) is 5.58. The highest BCUT2D eigenvalue weighted by Gasteiger charge is 2.36. The van der Waals surface area contributed by atoms with Crippen molar-refractivity contribution >= 4 is 38.3 Å². The summed E-state index contributed by atoms with van der Waals surface area (Å²) in [6.07, 6.45) is 0.806. The van der Waals surface area contributed by atoms with Crippen molar-refractivity contribution in [2.24, 2.45) is 0 Å². The Hall–Kier alpha value is -4.17. The van der Waals surface area contributed by atoms with Crippen LogP contribution < -0.4 is 9.62 Å². The second kappa shape index (κ2) is 11.9. The third-order valence-electron chi connectivity index (χ3n) is 7.25. The molecule has 0 saturated heterocycles. The van der Waals surface area contributed by atoms with Gasteiger partial charge in [0.15, 0.2) is 0 Å². The highest BCUT2D eigenvalue weighted by atomic mass is 32.2. The van der Waals surface area contributed by atoms with Crippen molar-refractivity contribution in [2.75, 3.05) is 17.4 Å². The molecular weight excluding hydrogens is 522 g/mol. The Morgan fingerprint density at radius 3 is 2.17 bits per heavy atom. The van der Waals surface area contributed by atoms with Crippen LogP contribution in [-0.4, -0.2) is 44.3 Å². The lowest BCUT2D eigenvalue weighted by Gasteiger charge is -2.32. The zero-order valence-corrected chi connectivity index (χ0v) is 23.3. The Morgan fingerprint density at radius 1 is 0.850 bits per heavy atom. The molecule has 206 valence electrons. The highest BCUT2D eigenvalue weighted by molar-refractivity contribution is 7.93. The fourth-order valence-corrected chi connectivity index (χ4v) is 7.09. The van der Waals surface area contributed by atoms with Crippen LogP contribution in [0.1, 0.15) is 30.9 Å². The van der Waals surface area contributed by atoms with E-state index in [2.05, 4.69) is 5.32 Å². The molecule has 1 aliphatic heterocycles. The van der Waals surface area contributed by atoms with Crippen LogP contribution in [0.25, 0.3) is 10.8 Å². The first kappa shape index (κ1) is 27.4. The van der Waals surface area contributed by atoms with Gasteiger partial charge in [-0.25, -0.2) is 8.42 Å². The number of nitrogens with one attached hydrogen (secondary N) is 1. The zero-order chi connectivity index (χ0) is 28.1. The molecule has 0 saturated carbocycles. The predicted octanol–water partition coefficient (Wildman–Crippen LogP) is 4.90. The Balaban J connectivity index is 1.37. The van der Waals surface area contributed by atoms with Gasteiger partial charge in [0.05, 0.1) is 10.6 Å². The van der Waals surface area contributed by atoms with E-state index in [1.165, 1.54) is 4.31 Å². The number of sulfonamides is 1. The maximum atomic E-state index is 13.8. The SMILES string of the molecule is CCNC(=O)[C@@H](Cc1ccccc1)N(Cc1ccccc1)C(=O)CCCN1c2cccc3cccc(c23)S1(=O)=O. The van der Waals surface area contributed by atoms with E-state index in [9.17, 15) is 18.0 Å². The lowest BCUT2D eigenvalue weighted by Crippen LogP contribution is -2.50. The van der Waals surface area contributed by atoms with Crippen molar-refractivity contribution in [2.45, 2.75) is 43.7 Å². The number of hydrogen-bond acceptors (Lipinski definition) is 4. The van der Waals surface area contributed by atoms with Crippen molar-refractivity contribution in [1.82, 2.24) is 10.2 Å². The maximum Gasteiger partial charge on any atom is 0.265 e. The fourth-order valence-electron chi connectivity index (χ4n) is 5.34. The highest BCUT2D eigenvalue weighted by Crippen LogP contribution is 2.42. The number of nitrogens with zero attached hydrogens (tertiary/aromatic N) is 2. The number of carbonyl (C=O) groups is 2. The number of amides is 2. The number of carbonyl (C=O) groups excluding carboxylic acids is 2. The molecular formula is C32H33N3O4S. The number of anilines is 1. The lowest BCUT2D eigenvalue weighted by molar-refractivity contribution is -0.141. The second-order valence-corrected chi connectivity index (χ2v) is 11.8. The van der Waals surface area contributed by atoms with E-state index in [0.29, 0.717) is 30.0 Å². The molecule has 1 N–H and O–H groups in total. The monoisotopic (exact) mass is 555 g/mol. The van der Waals surface area contributed by atoms with E-state index in [-0.39, 0.29) is 31.3 Å². The van der Waals surface area contributed by atoms with Crippen LogP contribution in [0.4, 0.5) is 5.69 Å². The van der Waals surface area contributed by atoms with Gasteiger partial charge in [0.2, 0.25) is 11.8 Å². The van der Waals surface area contributed by atoms with E-state index in [1.807, 2.05) is 91.9 Å². The topological polar surface area (TPSA) is 86.8 Å². The summed E-state index contributed by atoms with van der Waals surface area (Å²) >= 11 is 0. The molecule has 4 aromatic carbocycles. The van der Waals surface area contributed by atoms with Gasteiger partial charge in [-0.3, -0.25) is 13.9 Å². The third-order valence-corrected chi connectivity index (χ3v) is 9.11. The second-order valence-electron chi connectivity index (χ2n) is 9.92. The molecule has 0 bridgehead atoms. The van der Waals surface area contributed by atoms with E-state index in [0.717, 1.165) is 21.9 Å². The quantitative estimate of drug-likeness (QED) is 0.285. The molecule has 1 atom stereocenters. The fraction of sp³-hybridized carbons (Fsp3) is 0.250. The van der Waals surface area contributed by atoms with Crippen LogP contribution in [0.3, 0.4) is 0 Å². The van der Waals surface area contributed by atoms with Crippen LogP contribution in [0.2, 0.25) is 0 Å². The first-order valence-electron chi connectivity index (χ1n) is 13.6. The lowest BCUT2D eigenvalue weighted by atomic mass is 10.0.